The van der Waals surface area contributed by atoms with E-state index >= 15 is 0 Å². The molecule has 0 radical (unpaired) electrons. The first-order chi connectivity index (χ1) is 17.2. The standard InChI is InChI=1S/C28H24ClN3O4/c1-14-12-19(26-20(13-14)24(33)16(3)25(35-26)18-8-6-5-7-9-18)17(4)30-22-11-10-21(29)15(2)23(22)27-31-28(34)36-32-27/h5-13,17,30H,1-4H3,(H,31,32,34). The summed E-state index contributed by atoms with van der Waals surface area (Å²) in [6, 6.07) is 16.8. The number of aryl methyl sites for hydroxylation is 1. The highest BCUT2D eigenvalue weighted by molar-refractivity contribution is 6.32. The van der Waals surface area contributed by atoms with E-state index in [1.807, 2.05) is 69.3 Å². The maximum absolute atomic E-state index is 13.4. The van der Waals surface area contributed by atoms with Crippen LogP contribution in [-0.2, 0) is 0 Å². The molecule has 7 nitrogen and oxygen atoms in total. The van der Waals surface area contributed by atoms with Gasteiger partial charge in [0.05, 0.1) is 11.4 Å². The van der Waals surface area contributed by atoms with Gasteiger partial charge in [-0.05, 0) is 57.0 Å². The van der Waals surface area contributed by atoms with Crippen LogP contribution in [0.1, 0.15) is 35.2 Å². The predicted molar refractivity (Wildman–Crippen MR) is 142 cm³/mol. The third-order valence-corrected chi connectivity index (χ3v) is 6.75. The van der Waals surface area contributed by atoms with Crippen molar-refractivity contribution in [2.24, 2.45) is 0 Å². The molecule has 0 bridgehead atoms. The van der Waals surface area contributed by atoms with Crippen molar-refractivity contribution in [3.63, 3.8) is 0 Å². The smallest absolute Gasteiger partial charge is 0.439 e. The van der Waals surface area contributed by atoms with Gasteiger partial charge in [0, 0.05) is 33.0 Å². The molecule has 8 heteroatoms. The minimum absolute atomic E-state index is 0.0598. The second-order valence-electron chi connectivity index (χ2n) is 8.89. The Kier molecular flexibility index (Phi) is 6.02. The molecule has 1 unspecified atom stereocenters. The summed E-state index contributed by atoms with van der Waals surface area (Å²) in [6.07, 6.45) is 0. The van der Waals surface area contributed by atoms with Crippen molar-refractivity contribution in [2.45, 2.75) is 33.7 Å². The fourth-order valence-corrected chi connectivity index (χ4v) is 4.67. The second-order valence-corrected chi connectivity index (χ2v) is 9.29. The molecule has 0 aliphatic carbocycles. The van der Waals surface area contributed by atoms with Gasteiger partial charge in [0.1, 0.15) is 11.3 Å². The van der Waals surface area contributed by atoms with Crippen molar-refractivity contribution in [3.8, 4) is 22.7 Å². The maximum Gasteiger partial charge on any atom is 0.439 e. The van der Waals surface area contributed by atoms with Gasteiger partial charge >= 0.3 is 5.76 Å². The van der Waals surface area contributed by atoms with Crippen LogP contribution in [0.15, 0.2) is 73.1 Å². The first-order valence-corrected chi connectivity index (χ1v) is 11.9. The van der Waals surface area contributed by atoms with E-state index in [9.17, 15) is 9.59 Å². The molecule has 0 spiro atoms. The lowest BCUT2D eigenvalue weighted by molar-refractivity contribution is 0.388. The third-order valence-electron chi connectivity index (χ3n) is 6.34. The minimum atomic E-state index is -0.654. The zero-order valence-corrected chi connectivity index (χ0v) is 21.0. The highest BCUT2D eigenvalue weighted by Crippen LogP contribution is 2.37. The van der Waals surface area contributed by atoms with Crippen molar-refractivity contribution in [2.75, 3.05) is 5.32 Å². The molecule has 0 amide bonds. The van der Waals surface area contributed by atoms with Gasteiger partial charge in [-0.25, -0.2) is 4.79 Å². The van der Waals surface area contributed by atoms with E-state index in [0.717, 1.165) is 22.3 Å². The van der Waals surface area contributed by atoms with Crippen LogP contribution in [0, 0.1) is 20.8 Å². The molecule has 0 saturated heterocycles. The Labute approximate surface area is 211 Å². The molecular formula is C28H24ClN3O4. The van der Waals surface area contributed by atoms with E-state index in [4.69, 9.17) is 20.5 Å². The Morgan fingerprint density at radius 3 is 2.44 bits per heavy atom. The van der Waals surface area contributed by atoms with Crippen LogP contribution in [0.2, 0.25) is 5.02 Å². The molecule has 1 atom stereocenters. The van der Waals surface area contributed by atoms with E-state index in [2.05, 4.69) is 15.5 Å². The molecular weight excluding hydrogens is 478 g/mol. The summed E-state index contributed by atoms with van der Waals surface area (Å²) in [7, 11) is 0. The zero-order chi connectivity index (χ0) is 25.6. The number of rotatable bonds is 5. The summed E-state index contributed by atoms with van der Waals surface area (Å²) in [4.78, 5) is 27.6. The van der Waals surface area contributed by atoms with Crippen molar-refractivity contribution in [3.05, 3.63) is 103 Å². The predicted octanol–water partition coefficient (Wildman–Crippen LogP) is 6.56. The number of aromatic amines is 1. The van der Waals surface area contributed by atoms with Crippen LogP contribution >= 0.6 is 11.6 Å². The lowest BCUT2D eigenvalue weighted by Crippen LogP contribution is -2.13. The van der Waals surface area contributed by atoms with E-state index in [-0.39, 0.29) is 17.3 Å². The molecule has 2 aromatic heterocycles. The van der Waals surface area contributed by atoms with Gasteiger partial charge in [0.2, 0.25) is 0 Å². The number of anilines is 1. The molecule has 0 saturated carbocycles. The molecule has 3 aromatic carbocycles. The molecule has 0 aliphatic rings. The number of nitrogens with one attached hydrogen (secondary N) is 2. The van der Waals surface area contributed by atoms with Gasteiger partial charge < -0.3 is 9.73 Å². The van der Waals surface area contributed by atoms with Crippen LogP contribution < -0.4 is 16.5 Å². The van der Waals surface area contributed by atoms with Crippen molar-refractivity contribution in [1.29, 1.82) is 0 Å². The summed E-state index contributed by atoms with van der Waals surface area (Å²) < 4.78 is 11.2. The largest absolute Gasteiger partial charge is 0.455 e. The van der Waals surface area contributed by atoms with E-state index in [1.165, 1.54) is 0 Å². The van der Waals surface area contributed by atoms with Crippen molar-refractivity contribution >= 4 is 28.3 Å². The normalized spacial score (nSPS) is 12.1. The summed E-state index contributed by atoms with van der Waals surface area (Å²) in [6.45, 7) is 7.57. The zero-order valence-electron chi connectivity index (χ0n) is 20.2. The quantitative estimate of drug-likeness (QED) is 0.283. The average molecular weight is 502 g/mol. The highest BCUT2D eigenvalue weighted by atomic mass is 35.5. The van der Waals surface area contributed by atoms with Crippen LogP contribution in [0.5, 0.6) is 0 Å². The molecule has 2 N–H and O–H groups in total. The number of hydrogen-bond donors (Lipinski definition) is 2. The van der Waals surface area contributed by atoms with Gasteiger partial charge in [-0.15, -0.1) is 0 Å². The summed E-state index contributed by atoms with van der Waals surface area (Å²) in [5.41, 5.74) is 5.70. The Balaban J connectivity index is 1.67. The topological polar surface area (TPSA) is 101 Å². The molecule has 36 heavy (non-hydrogen) atoms. The highest BCUT2D eigenvalue weighted by Gasteiger charge is 2.21. The van der Waals surface area contributed by atoms with Crippen LogP contribution in [0.3, 0.4) is 0 Å². The van der Waals surface area contributed by atoms with Gasteiger partial charge in [-0.1, -0.05) is 53.2 Å². The molecule has 182 valence electrons. The minimum Gasteiger partial charge on any atom is -0.455 e. The summed E-state index contributed by atoms with van der Waals surface area (Å²) >= 11 is 6.37. The Morgan fingerprint density at radius 2 is 1.75 bits per heavy atom. The van der Waals surface area contributed by atoms with Crippen LogP contribution in [0.25, 0.3) is 33.7 Å². The van der Waals surface area contributed by atoms with Gasteiger partial charge in [0.25, 0.3) is 0 Å². The first-order valence-electron chi connectivity index (χ1n) is 11.5. The van der Waals surface area contributed by atoms with Crippen LogP contribution in [-0.4, -0.2) is 10.1 Å². The Morgan fingerprint density at radius 1 is 1.00 bits per heavy atom. The number of hydrogen-bond acceptors (Lipinski definition) is 6. The molecule has 5 rings (SSSR count). The number of H-pyrrole nitrogens is 1. The number of nitrogens with zero attached hydrogens (tertiary/aromatic N) is 1. The third kappa shape index (κ3) is 4.12. The first kappa shape index (κ1) is 23.6. The summed E-state index contributed by atoms with van der Waals surface area (Å²) in [5, 5.41) is 8.41. The molecule has 2 heterocycles. The fraction of sp³-hybridized carbons (Fsp3) is 0.179. The molecule has 0 fully saturated rings. The summed E-state index contributed by atoms with van der Waals surface area (Å²) in [5.74, 6) is 0.171. The van der Waals surface area contributed by atoms with E-state index in [1.54, 1.807) is 13.0 Å². The van der Waals surface area contributed by atoms with Gasteiger partial charge in [-0.2, -0.15) is 0 Å². The fourth-order valence-electron chi connectivity index (χ4n) is 4.51. The molecule has 0 aliphatic heterocycles. The lowest BCUT2D eigenvalue weighted by Gasteiger charge is -2.21. The molecule has 5 aromatic rings. The maximum atomic E-state index is 13.4. The Bertz CT molecular complexity index is 1720. The van der Waals surface area contributed by atoms with Gasteiger partial charge in [0.15, 0.2) is 11.3 Å². The van der Waals surface area contributed by atoms with Crippen LogP contribution in [0.4, 0.5) is 5.69 Å². The monoisotopic (exact) mass is 501 g/mol. The van der Waals surface area contributed by atoms with Gasteiger partial charge in [-0.3, -0.25) is 14.3 Å². The number of aromatic nitrogens is 2. The average Bonchev–Trinajstić information content (AvgIpc) is 3.29. The second kappa shape index (κ2) is 9.17. The lowest BCUT2D eigenvalue weighted by atomic mass is 9.98. The van der Waals surface area contributed by atoms with E-state index in [0.29, 0.717) is 38.6 Å². The van der Waals surface area contributed by atoms with E-state index < -0.39 is 5.76 Å². The number of benzene rings is 3. The van der Waals surface area contributed by atoms with Crippen molar-refractivity contribution < 1.29 is 8.94 Å². The number of fused-ring (bicyclic) bond motifs is 1. The Hall–Kier alpha value is -4.10. The number of halogens is 1. The van der Waals surface area contributed by atoms with Crippen molar-refractivity contribution in [1.82, 2.24) is 10.1 Å². The SMILES string of the molecule is Cc1cc(C(C)Nc2ccc(Cl)c(C)c2-c2noc(=O)[nH]2)c2oc(-c3ccccc3)c(C)c(=O)c2c1.